The van der Waals surface area contributed by atoms with Crippen LogP contribution in [-0.2, 0) is 0 Å². The van der Waals surface area contributed by atoms with E-state index in [4.69, 9.17) is 0 Å². The Morgan fingerprint density at radius 2 is 2.27 bits per heavy atom. The number of nitrogens with zero attached hydrogens (tertiary/aromatic N) is 1. The molecule has 15 heavy (non-hydrogen) atoms. The van der Waals surface area contributed by atoms with Crippen molar-refractivity contribution in [2.45, 2.75) is 6.92 Å². The van der Waals surface area contributed by atoms with Gasteiger partial charge in [-0.25, -0.2) is 9.37 Å². The Kier molecular flexibility index (Phi) is 3.02. The quantitative estimate of drug-likeness (QED) is 0.899. The molecule has 0 aliphatic rings. The fraction of sp³-hybridized carbons (Fsp3) is 0.100. The van der Waals surface area contributed by atoms with E-state index >= 15 is 0 Å². The van der Waals surface area contributed by atoms with Crippen LogP contribution in [0.2, 0.25) is 0 Å². The Labute approximate surface area is 99.3 Å². The number of aryl methyl sites for hydroxylation is 1. The molecule has 0 fully saturated rings. The van der Waals surface area contributed by atoms with Gasteiger partial charge in [-0.05, 0) is 40.5 Å². The summed E-state index contributed by atoms with van der Waals surface area (Å²) in [5.41, 5.74) is 1.46. The fourth-order valence-corrected chi connectivity index (χ4v) is 2.32. The molecule has 0 aliphatic carbocycles. The first-order valence-corrected chi connectivity index (χ1v) is 5.96. The van der Waals surface area contributed by atoms with Crippen LogP contribution in [0.5, 0.6) is 0 Å². The maximum Gasteiger partial charge on any atom is 0.188 e. The summed E-state index contributed by atoms with van der Waals surface area (Å²) in [6.45, 7) is 1.92. The van der Waals surface area contributed by atoms with Gasteiger partial charge < -0.3 is 5.32 Å². The number of nitrogens with one attached hydrogen (secondary N) is 1. The fourth-order valence-electron chi connectivity index (χ4n) is 1.16. The SMILES string of the molecule is Cc1ccc(F)c(Nc2nc(Br)cs2)c1. The number of halogens is 2. The molecule has 0 atom stereocenters. The number of aromatic nitrogens is 1. The van der Waals surface area contributed by atoms with E-state index in [0.29, 0.717) is 10.8 Å². The Balaban J connectivity index is 2.27. The van der Waals surface area contributed by atoms with Crippen molar-refractivity contribution in [3.05, 3.63) is 39.6 Å². The van der Waals surface area contributed by atoms with Crippen LogP contribution in [0.3, 0.4) is 0 Å². The summed E-state index contributed by atoms with van der Waals surface area (Å²) < 4.78 is 14.1. The van der Waals surface area contributed by atoms with E-state index in [2.05, 4.69) is 26.2 Å². The molecule has 1 N–H and O–H groups in total. The molecule has 78 valence electrons. The van der Waals surface area contributed by atoms with Crippen molar-refractivity contribution >= 4 is 38.1 Å². The lowest BCUT2D eigenvalue weighted by Crippen LogP contribution is -1.93. The van der Waals surface area contributed by atoms with Gasteiger partial charge in [-0.1, -0.05) is 6.07 Å². The lowest BCUT2D eigenvalue weighted by atomic mass is 10.2. The van der Waals surface area contributed by atoms with Gasteiger partial charge in [0, 0.05) is 5.38 Å². The van der Waals surface area contributed by atoms with Gasteiger partial charge in [-0.2, -0.15) is 0 Å². The van der Waals surface area contributed by atoms with Gasteiger partial charge in [0.1, 0.15) is 10.4 Å². The highest BCUT2D eigenvalue weighted by molar-refractivity contribution is 9.10. The number of thiazole rings is 1. The molecule has 0 saturated carbocycles. The topological polar surface area (TPSA) is 24.9 Å². The second-order valence-electron chi connectivity index (χ2n) is 3.08. The van der Waals surface area contributed by atoms with E-state index in [1.54, 1.807) is 12.1 Å². The van der Waals surface area contributed by atoms with Crippen LogP contribution in [0.25, 0.3) is 0 Å². The largest absolute Gasteiger partial charge is 0.329 e. The van der Waals surface area contributed by atoms with Crippen molar-refractivity contribution in [2.24, 2.45) is 0 Å². The minimum atomic E-state index is -0.271. The molecule has 2 nitrogen and oxygen atoms in total. The zero-order chi connectivity index (χ0) is 10.8. The third-order valence-corrected chi connectivity index (χ3v) is 3.31. The second-order valence-corrected chi connectivity index (χ2v) is 4.75. The summed E-state index contributed by atoms with van der Waals surface area (Å²) in [4.78, 5) is 4.13. The minimum Gasteiger partial charge on any atom is -0.329 e. The summed E-state index contributed by atoms with van der Waals surface area (Å²) in [6, 6.07) is 4.93. The molecule has 0 unspecified atom stereocenters. The van der Waals surface area contributed by atoms with E-state index in [0.717, 1.165) is 10.2 Å². The van der Waals surface area contributed by atoms with E-state index in [1.807, 2.05) is 12.3 Å². The summed E-state index contributed by atoms with van der Waals surface area (Å²) >= 11 is 4.67. The highest BCUT2D eigenvalue weighted by Gasteiger charge is 2.04. The Morgan fingerprint density at radius 3 is 2.93 bits per heavy atom. The standard InChI is InChI=1S/C10H8BrFN2S/c1-6-2-3-7(12)8(4-6)13-10-14-9(11)5-15-10/h2-5H,1H3,(H,13,14). The number of benzene rings is 1. The number of rotatable bonds is 2. The van der Waals surface area contributed by atoms with E-state index < -0.39 is 0 Å². The van der Waals surface area contributed by atoms with Gasteiger partial charge in [0.05, 0.1) is 5.69 Å². The summed E-state index contributed by atoms with van der Waals surface area (Å²) in [6.07, 6.45) is 0. The first kappa shape index (κ1) is 10.6. The van der Waals surface area contributed by atoms with Crippen molar-refractivity contribution in [2.75, 3.05) is 5.32 Å². The lowest BCUT2D eigenvalue weighted by Gasteiger charge is -2.04. The van der Waals surface area contributed by atoms with Crippen LogP contribution in [0.1, 0.15) is 5.56 Å². The average molecular weight is 287 g/mol. The van der Waals surface area contributed by atoms with Gasteiger partial charge in [-0.3, -0.25) is 0 Å². The van der Waals surface area contributed by atoms with Gasteiger partial charge in [0.25, 0.3) is 0 Å². The van der Waals surface area contributed by atoms with Crippen molar-refractivity contribution in [1.29, 1.82) is 0 Å². The van der Waals surface area contributed by atoms with Crippen LogP contribution < -0.4 is 5.32 Å². The number of hydrogen-bond acceptors (Lipinski definition) is 3. The van der Waals surface area contributed by atoms with Gasteiger partial charge >= 0.3 is 0 Å². The average Bonchev–Trinajstić information content (AvgIpc) is 2.58. The zero-order valence-corrected chi connectivity index (χ0v) is 10.3. The molecule has 1 aromatic heterocycles. The number of anilines is 2. The van der Waals surface area contributed by atoms with Crippen LogP contribution in [0.4, 0.5) is 15.2 Å². The molecule has 0 bridgehead atoms. The molecular weight excluding hydrogens is 279 g/mol. The minimum absolute atomic E-state index is 0.271. The maximum absolute atomic E-state index is 13.4. The highest BCUT2D eigenvalue weighted by atomic mass is 79.9. The first-order valence-electron chi connectivity index (χ1n) is 4.29. The molecule has 0 aliphatic heterocycles. The van der Waals surface area contributed by atoms with E-state index in [-0.39, 0.29) is 5.82 Å². The maximum atomic E-state index is 13.4. The molecule has 0 saturated heterocycles. The first-order chi connectivity index (χ1) is 7.15. The van der Waals surface area contributed by atoms with Crippen LogP contribution in [0, 0.1) is 12.7 Å². The third-order valence-electron chi connectivity index (χ3n) is 1.84. The van der Waals surface area contributed by atoms with Crippen molar-refractivity contribution in [3.8, 4) is 0 Å². The normalized spacial score (nSPS) is 10.3. The molecular formula is C10H8BrFN2S. The molecule has 2 rings (SSSR count). The van der Waals surface area contributed by atoms with Crippen LogP contribution in [0.15, 0.2) is 28.2 Å². The lowest BCUT2D eigenvalue weighted by molar-refractivity contribution is 0.631. The Bertz CT molecular complexity index is 484. The second kappa shape index (κ2) is 4.28. The molecule has 0 radical (unpaired) electrons. The van der Waals surface area contributed by atoms with Crippen LogP contribution in [-0.4, -0.2) is 4.98 Å². The monoisotopic (exact) mass is 286 g/mol. The van der Waals surface area contributed by atoms with Crippen molar-refractivity contribution < 1.29 is 4.39 Å². The van der Waals surface area contributed by atoms with Gasteiger partial charge in [0.2, 0.25) is 0 Å². The zero-order valence-electron chi connectivity index (χ0n) is 7.92. The van der Waals surface area contributed by atoms with Gasteiger partial charge in [0.15, 0.2) is 5.13 Å². The van der Waals surface area contributed by atoms with Crippen molar-refractivity contribution in [3.63, 3.8) is 0 Å². The number of hydrogen-bond donors (Lipinski definition) is 1. The Hall–Kier alpha value is -0.940. The molecule has 1 heterocycles. The summed E-state index contributed by atoms with van der Waals surface area (Å²) in [7, 11) is 0. The summed E-state index contributed by atoms with van der Waals surface area (Å²) in [5.74, 6) is -0.271. The van der Waals surface area contributed by atoms with Crippen molar-refractivity contribution in [1.82, 2.24) is 4.98 Å². The van der Waals surface area contributed by atoms with E-state index in [9.17, 15) is 4.39 Å². The summed E-state index contributed by atoms with van der Waals surface area (Å²) in [5, 5.41) is 5.45. The predicted molar refractivity (Wildman–Crippen MR) is 64.2 cm³/mol. The third kappa shape index (κ3) is 2.54. The molecule has 0 amide bonds. The predicted octanol–water partition coefficient (Wildman–Crippen LogP) is 4.10. The van der Waals surface area contributed by atoms with Crippen LogP contribution >= 0.6 is 27.3 Å². The smallest absolute Gasteiger partial charge is 0.188 e. The Morgan fingerprint density at radius 1 is 1.47 bits per heavy atom. The molecule has 5 heteroatoms. The highest BCUT2D eigenvalue weighted by Crippen LogP contribution is 2.25. The molecule has 2 aromatic rings. The van der Waals surface area contributed by atoms with Gasteiger partial charge in [-0.15, -0.1) is 11.3 Å². The molecule has 1 aromatic carbocycles. The van der Waals surface area contributed by atoms with E-state index in [1.165, 1.54) is 17.4 Å². The molecule has 0 spiro atoms.